The Labute approximate surface area is 179 Å². The van der Waals surface area contributed by atoms with Gasteiger partial charge in [-0.05, 0) is 24.3 Å². The third-order valence-electron chi connectivity index (χ3n) is 4.06. The first-order valence-electron chi connectivity index (χ1n) is 8.72. The predicted molar refractivity (Wildman–Crippen MR) is 114 cm³/mol. The van der Waals surface area contributed by atoms with Gasteiger partial charge < -0.3 is 10.1 Å². The molecule has 11 heteroatoms. The SMILES string of the molecule is COc1cccc(NC(=O)CSc2nnc3[nH]c(=O)c(-c4ccc(Cl)cc4)nn23)c1. The third-order valence-corrected chi connectivity index (χ3v) is 5.23. The molecule has 9 nitrogen and oxygen atoms in total. The fraction of sp³-hybridized carbons (Fsp3) is 0.105. The van der Waals surface area contributed by atoms with Crippen molar-refractivity contribution in [2.45, 2.75) is 5.16 Å². The normalized spacial score (nSPS) is 10.9. The fourth-order valence-electron chi connectivity index (χ4n) is 2.65. The highest BCUT2D eigenvalue weighted by atomic mass is 35.5. The van der Waals surface area contributed by atoms with Crippen molar-refractivity contribution < 1.29 is 9.53 Å². The van der Waals surface area contributed by atoms with Crippen molar-refractivity contribution in [3.63, 3.8) is 0 Å². The van der Waals surface area contributed by atoms with E-state index in [1.54, 1.807) is 55.6 Å². The largest absolute Gasteiger partial charge is 0.497 e. The summed E-state index contributed by atoms with van der Waals surface area (Å²) in [5, 5.41) is 16.0. The van der Waals surface area contributed by atoms with Crippen LogP contribution in [0.3, 0.4) is 0 Å². The van der Waals surface area contributed by atoms with Crippen LogP contribution in [0.4, 0.5) is 5.69 Å². The fourth-order valence-corrected chi connectivity index (χ4v) is 3.46. The summed E-state index contributed by atoms with van der Waals surface area (Å²) in [5.41, 5.74) is 1.02. The van der Waals surface area contributed by atoms with Gasteiger partial charge in [0.15, 0.2) is 5.69 Å². The van der Waals surface area contributed by atoms with Crippen LogP contribution < -0.4 is 15.6 Å². The first kappa shape index (κ1) is 19.9. The second-order valence-corrected chi connectivity index (χ2v) is 7.48. The van der Waals surface area contributed by atoms with Crippen molar-refractivity contribution in [1.29, 1.82) is 0 Å². The maximum absolute atomic E-state index is 12.3. The Bertz CT molecular complexity index is 1270. The predicted octanol–water partition coefficient (Wildman–Crippen LogP) is 2.87. The number of nitrogens with zero attached hydrogens (tertiary/aromatic N) is 4. The lowest BCUT2D eigenvalue weighted by molar-refractivity contribution is -0.113. The summed E-state index contributed by atoms with van der Waals surface area (Å²) in [4.78, 5) is 27.3. The molecular weight excluding hydrogens is 428 g/mol. The Morgan fingerprint density at radius 3 is 2.80 bits per heavy atom. The van der Waals surface area contributed by atoms with E-state index in [4.69, 9.17) is 16.3 Å². The van der Waals surface area contributed by atoms with Crippen LogP contribution >= 0.6 is 23.4 Å². The number of H-pyrrole nitrogens is 1. The van der Waals surface area contributed by atoms with Gasteiger partial charge in [-0.1, -0.05) is 41.6 Å². The number of thioether (sulfide) groups is 1. The van der Waals surface area contributed by atoms with Crippen LogP contribution in [-0.4, -0.2) is 43.6 Å². The quantitative estimate of drug-likeness (QED) is 0.441. The van der Waals surface area contributed by atoms with Crippen molar-refractivity contribution in [1.82, 2.24) is 24.8 Å². The van der Waals surface area contributed by atoms with Crippen LogP contribution in [0.2, 0.25) is 5.02 Å². The highest BCUT2D eigenvalue weighted by molar-refractivity contribution is 7.99. The Hall–Kier alpha value is -3.37. The number of carbonyl (C=O) groups is 1. The Kier molecular flexibility index (Phi) is 5.68. The van der Waals surface area contributed by atoms with E-state index in [9.17, 15) is 9.59 Å². The molecule has 0 spiro atoms. The van der Waals surface area contributed by atoms with E-state index < -0.39 is 5.56 Å². The summed E-state index contributed by atoms with van der Waals surface area (Å²) in [6, 6.07) is 13.8. The highest BCUT2D eigenvalue weighted by Crippen LogP contribution is 2.20. The highest BCUT2D eigenvalue weighted by Gasteiger charge is 2.15. The smallest absolute Gasteiger partial charge is 0.279 e. The van der Waals surface area contributed by atoms with E-state index in [0.29, 0.717) is 27.2 Å². The van der Waals surface area contributed by atoms with Crippen molar-refractivity contribution in [2.24, 2.45) is 0 Å². The summed E-state index contributed by atoms with van der Waals surface area (Å²) in [6.45, 7) is 0. The van der Waals surface area contributed by atoms with E-state index in [0.717, 1.165) is 11.8 Å². The molecule has 2 N–H and O–H groups in total. The lowest BCUT2D eigenvalue weighted by atomic mass is 10.2. The molecule has 2 heterocycles. The molecular formula is C19H15ClN6O3S. The number of methoxy groups -OCH3 is 1. The molecule has 0 aliphatic rings. The van der Waals surface area contributed by atoms with Crippen molar-refractivity contribution in [2.75, 3.05) is 18.2 Å². The summed E-state index contributed by atoms with van der Waals surface area (Å²) in [7, 11) is 1.56. The maximum atomic E-state index is 12.3. The van der Waals surface area contributed by atoms with Crippen molar-refractivity contribution in [3.05, 3.63) is 63.9 Å². The molecule has 0 unspecified atom stereocenters. The van der Waals surface area contributed by atoms with Crippen molar-refractivity contribution >= 4 is 40.7 Å². The first-order valence-corrected chi connectivity index (χ1v) is 10.1. The van der Waals surface area contributed by atoms with Gasteiger partial charge in [0, 0.05) is 22.3 Å². The molecule has 0 fully saturated rings. The first-order chi connectivity index (χ1) is 14.5. The minimum Gasteiger partial charge on any atom is -0.497 e. The van der Waals surface area contributed by atoms with E-state index in [1.807, 2.05) is 0 Å². The molecule has 0 bridgehead atoms. The van der Waals surface area contributed by atoms with E-state index >= 15 is 0 Å². The van der Waals surface area contributed by atoms with E-state index in [1.165, 1.54) is 4.52 Å². The standard InChI is InChI=1S/C19H15ClN6O3S/c1-29-14-4-2-3-13(9-14)21-15(27)10-30-19-24-23-18-22-17(28)16(25-26(18)19)11-5-7-12(20)8-6-11/h2-9H,10H2,1H3,(H,21,27)(H,22,23,28). The average Bonchev–Trinajstić information content (AvgIpc) is 3.14. The number of benzene rings is 2. The van der Waals surface area contributed by atoms with Gasteiger partial charge in [0.2, 0.25) is 11.1 Å². The van der Waals surface area contributed by atoms with Crippen LogP contribution in [0.1, 0.15) is 0 Å². The van der Waals surface area contributed by atoms with Crippen LogP contribution in [0.15, 0.2) is 58.5 Å². The molecule has 2 aromatic carbocycles. The summed E-state index contributed by atoms with van der Waals surface area (Å²) in [6.07, 6.45) is 0. The molecule has 0 aliphatic heterocycles. The second kappa shape index (κ2) is 8.56. The van der Waals surface area contributed by atoms with Gasteiger partial charge in [-0.2, -0.15) is 9.61 Å². The lowest BCUT2D eigenvalue weighted by Gasteiger charge is -2.06. The summed E-state index contributed by atoms with van der Waals surface area (Å²) >= 11 is 7.05. The van der Waals surface area contributed by atoms with Gasteiger partial charge in [-0.3, -0.25) is 14.6 Å². The monoisotopic (exact) mass is 442 g/mol. The minimum atomic E-state index is -0.399. The molecule has 0 saturated carbocycles. The minimum absolute atomic E-state index is 0.0785. The average molecular weight is 443 g/mol. The molecule has 152 valence electrons. The van der Waals surface area contributed by atoms with Gasteiger partial charge in [0.25, 0.3) is 11.3 Å². The molecule has 0 atom stereocenters. The van der Waals surface area contributed by atoms with Gasteiger partial charge in [0.1, 0.15) is 5.75 Å². The molecule has 2 aromatic heterocycles. The number of rotatable bonds is 6. The molecule has 4 aromatic rings. The Balaban J connectivity index is 1.53. The number of amides is 1. The topological polar surface area (TPSA) is 114 Å². The van der Waals surface area contributed by atoms with Crippen LogP contribution in [0.25, 0.3) is 17.0 Å². The maximum Gasteiger partial charge on any atom is 0.279 e. The van der Waals surface area contributed by atoms with Gasteiger partial charge in [-0.25, -0.2) is 0 Å². The Morgan fingerprint density at radius 1 is 1.23 bits per heavy atom. The zero-order valence-electron chi connectivity index (χ0n) is 15.6. The Morgan fingerprint density at radius 2 is 2.03 bits per heavy atom. The number of fused-ring (bicyclic) bond motifs is 1. The number of aromatic amines is 1. The van der Waals surface area contributed by atoms with Crippen molar-refractivity contribution in [3.8, 4) is 17.0 Å². The third kappa shape index (κ3) is 4.29. The summed E-state index contributed by atoms with van der Waals surface area (Å²) < 4.78 is 6.54. The molecule has 1 amide bonds. The van der Waals surface area contributed by atoms with Crippen LogP contribution in [-0.2, 0) is 4.79 Å². The number of hydrogen-bond donors (Lipinski definition) is 2. The molecule has 0 radical (unpaired) electrons. The molecule has 0 saturated heterocycles. The zero-order valence-corrected chi connectivity index (χ0v) is 17.2. The van der Waals surface area contributed by atoms with E-state index in [2.05, 4.69) is 25.6 Å². The van der Waals surface area contributed by atoms with Gasteiger partial charge in [0.05, 0.1) is 12.9 Å². The molecule has 0 aliphatic carbocycles. The zero-order chi connectivity index (χ0) is 21.1. The summed E-state index contributed by atoms with van der Waals surface area (Å²) in [5.74, 6) is 0.683. The van der Waals surface area contributed by atoms with Gasteiger partial charge >= 0.3 is 0 Å². The van der Waals surface area contributed by atoms with E-state index in [-0.39, 0.29) is 23.1 Å². The molecule has 4 rings (SSSR count). The van der Waals surface area contributed by atoms with Gasteiger partial charge in [-0.15, -0.1) is 10.2 Å². The number of nitrogens with one attached hydrogen (secondary N) is 2. The number of anilines is 1. The molecule has 30 heavy (non-hydrogen) atoms. The van der Waals surface area contributed by atoms with Crippen LogP contribution in [0, 0.1) is 0 Å². The number of aromatic nitrogens is 5. The number of carbonyl (C=O) groups excluding carboxylic acids is 1. The second-order valence-electron chi connectivity index (χ2n) is 6.10. The lowest BCUT2D eigenvalue weighted by Crippen LogP contribution is -2.16. The van der Waals surface area contributed by atoms with Crippen LogP contribution in [0.5, 0.6) is 5.75 Å². The number of halogens is 1. The number of hydrogen-bond acceptors (Lipinski definition) is 7. The number of ether oxygens (including phenoxy) is 1.